The van der Waals surface area contributed by atoms with Crippen LogP contribution in [0.15, 0.2) is 23.8 Å². The predicted octanol–water partition coefficient (Wildman–Crippen LogP) is 2.99. The number of likely N-dealkylation sites (tertiary alicyclic amines) is 1. The van der Waals surface area contributed by atoms with E-state index in [1.165, 1.54) is 45.3 Å². The number of hydrogen-bond acceptors (Lipinski definition) is 1. The Morgan fingerprint density at radius 2 is 2.43 bits per heavy atom. The summed E-state index contributed by atoms with van der Waals surface area (Å²) in [5, 5.41) is 0. The zero-order valence-electron chi connectivity index (χ0n) is 9.21. The van der Waals surface area contributed by atoms with Crippen LogP contribution in [0.5, 0.6) is 0 Å². The zero-order chi connectivity index (χ0) is 9.80. The predicted molar refractivity (Wildman–Crippen MR) is 61.3 cm³/mol. The van der Waals surface area contributed by atoms with Crippen LogP contribution in [0.2, 0.25) is 0 Å². The van der Waals surface area contributed by atoms with Crippen molar-refractivity contribution in [1.29, 1.82) is 0 Å². The summed E-state index contributed by atoms with van der Waals surface area (Å²) in [5.74, 6) is 0.906. The summed E-state index contributed by atoms with van der Waals surface area (Å²) in [6.07, 6.45) is 12.1. The van der Waals surface area contributed by atoms with Crippen LogP contribution < -0.4 is 0 Å². The molecule has 2 rings (SSSR count). The van der Waals surface area contributed by atoms with E-state index in [1.807, 2.05) is 0 Å². The molecule has 1 aliphatic heterocycles. The minimum absolute atomic E-state index is 0.906. The van der Waals surface area contributed by atoms with Crippen molar-refractivity contribution in [2.45, 2.75) is 32.6 Å². The van der Waals surface area contributed by atoms with Gasteiger partial charge in [0.25, 0.3) is 0 Å². The second-order valence-electron chi connectivity index (χ2n) is 4.77. The first kappa shape index (κ1) is 9.97. The molecule has 0 aromatic heterocycles. The Bertz CT molecular complexity index is 240. The molecule has 0 amide bonds. The third kappa shape index (κ3) is 2.71. The average Bonchev–Trinajstić information content (AvgIpc) is 2.19. The summed E-state index contributed by atoms with van der Waals surface area (Å²) in [6.45, 7) is 6.21. The minimum atomic E-state index is 0.906. The second kappa shape index (κ2) is 4.79. The van der Waals surface area contributed by atoms with Crippen molar-refractivity contribution in [1.82, 2.24) is 4.90 Å². The SMILES string of the molecule is CC1CCCN(CC2=CC=CCC2)C1. The Labute approximate surface area is 87.5 Å². The number of allylic oxidation sites excluding steroid dienone is 3. The van der Waals surface area contributed by atoms with E-state index < -0.39 is 0 Å². The summed E-state index contributed by atoms with van der Waals surface area (Å²) in [6, 6.07) is 0. The lowest BCUT2D eigenvalue weighted by Crippen LogP contribution is -2.35. The maximum Gasteiger partial charge on any atom is 0.0196 e. The maximum atomic E-state index is 2.62. The van der Waals surface area contributed by atoms with Crippen LogP contribution in [0, 0.1) is 5.92 Å². The summed E-state index contributed by atoms with van der Waals surface area (Å²) < 4.78 is 0. The van der Waals surface area contributed by atoms with Gasteiger partial charge in [-0.2, -0.15) is 0 Å². The van der Waals surface area contributed by atoms with E-state index in [2.05, 4.69) is 30.1 Å². The Hall–Kier alpha value is -0.560. The van der Waals surface area contributed by atoms with Crippen LogP contribution in [0.4, 0.5) is 0 Å². The lowest BCUT2D eigenvalue weighted by molar-refractivity contribution is 0.196. The lowest BCUT2D eigenvalue weighted by atomic mass is 9.98. The number of hydrogen-bond donors (Lipinski definition) is 0. The van der Waals surface area contributed by atoms with E-state index in [4.69, 9.17) is 0 Å². The van der Waals surface area contributed by atoms with Crippen molar-refractivity contribution in [2.75, 3.05) is 19.6 Å². The smallest absolute Gasteiger partial charge is 0.0196 e. The molecule has 0 bridgehead atoms. The van der Waals surface area contributed by atoms with Gasteiger partial charge in [0.2, 0.25) is 0 Å². The van der Waals surface area contributed by atoms with Gasteiger partial charge >= 0.3 is 0 Å². The van der Waals surface area contributed by atoms with Crippen molar-refractivity contribution in [3.05, 3.63) is 23.8 Å². The monoisotopic (exact) mass is 191 g/mol. The molecule has 0 spiro atoms. The van der Waals surface area contributed by atoms with Crippen molar-refractivity contribution in [3.8, 4) is 0 Å². The molecule has 1 unspecified atom stereocenters. The fraction of sp³-hybridized carbons (Fsp3) is 0.692. The topological polar surface area (TPSA) is 3.24 Å². The van der Waals surface area contributed by atoms with Crippen LogP contribution in [-0.4, -0.2) is 24.5 Å². The van der Waals surface area contributed by atoms with Gasteiger partial charge in [-0.05, 0) is 38.1 Å². The van der Waals surface area contributed by atoms with Crippen molar-refractivity contribution in [3.63, 3.8) is 0 Å². The third-order valence-electron chi connectivity index (χ3n) is 3.27. The van der Waals surface area contributed by atoms with Crippen LogP contribution >= 0.6 is 0 Å². The molecule has 1 heterocycles. The van der Waals surface area contributed by atoms with E-state index in [9.17, 15) is 0 Å². The molecule has 1 heteroatoms. The van der Waals surface area contributed by atoms with Crippen LogP contribution in [0.25, 0.3) is 0 Å². The molecule has 1 nitrogen and oxygen atoms in total. The highest BCUT2D eigenvalue weighted by Crippen LogP contribution is 2.19. The highest BCUT2D eigenvalue weighted by atomic mass is 15.1. The van der Waals surface area contributed by atoms with Gasteiger partial charge < -0.3 is 0 Å². The van der Waals surface area contributed by atoms with Gasteiger partial charge in [-0.25, -0.2) is 0 Å². The summed E-state index contributed by atoms with van der Waals surface area (Å²) in [5.41, 5.74) is 1.63. The summed E-state index contributed by atoms with van der Waals surface area (Å²) >= 11 is 0. The van der Waals surface area contributed by atoms with Gasteiger partial charge in [0.05, 0.1) is 0 Å². The van der Waals surface area contributed by atoms with E-state index in [1.54, 1.807) is 5.57 Å². The Morgan fingerprint density at radius 3 is 3.14 bits per heavy atom. The van der Waals surface area contributed by atoms with Gasteiger partial charge in [0.1, 0.15) is 0 Å². The number of nitrogens with zero attached hydrogens (tertiary/aromatic N) is 1. The molecular weight excluding hydrogens is 170 g/mol. The lowest BCUT2D eigenvalue weighted by Gasteiger charge is -2.31. The van der Waals surface area contributed by atoms with E-state index in [0.29, 0.717) is 0 Å². The first-order valence-electron chi connectivity index (χ1n) is 5.91. The fourth-order valence-corrected chi connectivity index (χ4v) is 2.50. The molecule has 0 aromatic rings. The number of piperidine rings is 1. The van der Waals surface area contributed by atoms with E-state index in [0.717, 1.165) is 5.92 Å². The molecule has 78 valence electrons. The molecular formula is C13H21N. The Balaban J connectivity index is 1.84. The van der Waals surface area contributed by atoms with Crippen LogP contribution in [0.3, 0.4) is 0 Å². The third-order valence-corrected chi connectivity index (χ3v) is 3.27. The average molecular weight is 191 g/mol. The normalized spacial score (nSPS) is 28.9. The molecule has 14 heavy (non-hydrogen) atoms. The molecule has 2 aliphatic rings. The van der Waals surface area contributed by atoms with E-state index in [-0.39, 0.29) is 0 Å². The zero-order valence-corrected chi connectivity index (χ0v) is 9.21. The second-order valence-corrected chi connectivity index (χ2v) is 4.77. The molecule has 0 radical (unpaired) electrons. The Morgan fingerprint density at radius 1 is 1.50 bits per heavy atom. The molecule has 0 saturated carbocycles. The van der Waals surface area contributed by atoms with Gasteiger partial charge in [-0.1, -0.05) is 30.7 Å². The van der Waals surface area contributed by atoms with Crippen molar-refractivity contribution in [2.24, 2.45) is 5.92 Å². The fourth-order valence-electron chi connectivity index (χ4n) is 2.50. The summed E-state index contributed by atoms with van der Waals surface area (Å²) in [4.78, 5) is 2.62. The van der Waals surface area contributed by atoms with Crippen LogP contribution in [0.1, 0.15) is 32.6 Å². The van der Waals surface area contributed by atoms with Gasteiger partial charge in [-0.15, -0.1) is 0 Å². The standard InChI is InChI=1S/C13H21N/c1-12-6-5-9-14(10-12)11-13-7-3-2-4-8-13/h2-3,7,12H,4-6,8-11H2,1H3. The van der Waals surface area contributed by atoms with E-state index >= 15 is 0 Å². The molecule has 1 atom stereocenters. The van der Waals surface area contributed by atoms with Gasteiger partial charge in [0.15, 0.2) is 0 Å². The van der Waals surface area contributed by atoms with Crippen LogP contribution in [-0.2, 0) is 0 Å². The quantitative estimate of drug-likeness (QED) is 0.648. The molecule has 0 aromatic carbocycles. The summed E-state index contributed by atoms with van der Waals surface area (Å²) in [7, 11) is 0. The minimum Gasteiger partial charge on any atom is -0.299 e. The van der Waals surface area contributed by atoms with Crippen molar-refractivity contribution >= 4 is 0 Å². The van der Waals surface area contributed by atoms with Crippen molar-refractivity contribution < 1.29 is 0 Å². The Kier molecular flexibility index (Phi) is 3.41. The number of rotatable bonds is 2. The largest absolute Gasteiger partial charge is 0.299 e. The molecule has 1 saturated heterocycles. The molecule has 0 N–H and O–H groups in total. The maximum absolute atomic E-state index is 2.62. The first-order valence-corrected chi connectivity index (χ1v) is 5.91. The molecule has 1 fully saturated rings. The molecule has 1 aliphatic carbocycles. The van der Waals surface area contributed by atoms with Gasteiger partial charge in [-0.3, -0.25) is 4.90 Å². The van der Waals surface area contributed by atoms with Gasteiger partial charge in [0, 0.05) is 13.1 Å². The first-order chi connectivity index (χ1) is 6.84. The highest BCUT2D eigenvalue weighted by molar-refractivity contribution is 5.18. The highest BCUT2D eigenvalue weighted by Gasteiger charge is 2.16.